The van der Waals surface area contributed by atoms with Gasteiger partial charge in [0.05, 0.1) is 35.0 Å². The smallest absolute Gasteiger partial charge is 0.238 e. The molecule has 232 valence electrons. The summed E-state index contributed by atoms with van der Waals surface area (Å²) in [6, 6.07) is 8.59. The predicted molar refractivity (Wildman–Crippen MR) is 174 cm³/mol. The second-order valence-corrected chi connectivity index (χ2v) is 15.2. The molecule has 2 saturated heterocycles. The molecular formula is C39H42N2O4. The van der Waals surface area contributed by atoms with Crippen LogP contribution in [0.15, 0.2) is 48.6 Å². The van der Waals surface area contributed by atoms with E-state index in [2.05, 4.69) is 76.3 Å². The Hall–Kier alpha value is -3.80. The molecule has 0 spiro atoms. The SMILES string of the molecule is Cc1cc(Cc2cc(C)c(N3C(=O)C4C5C=CC(C5)C4C3=O)c(C(C)C)c2)cc(C(C)C)c1N1C(=O)C2C3C=CC(C3)C2C1=O. The molecule has 8 rings (SSSR count). The number of anilines is 2. The molecule has 8 atom stereocenters. The average Bonchev–Trinajstić information content (AvgIpc) is 3.83. The fourth-order valence-corrected chi connectivity index (χ4v) is 9.94. The Morgan fingerprint density at radius 3 is 1.16 bits per heavy atom. The Bertz CT molecular complexity index is 1580. The summed E-state index contributed by atoms with van der Waals surface area (Å²) in [6.07, 6.45) is 11.1. The van der Waals surface area contributed by atoms with Crippen LogP contribution in [-0.2, 0) is 25.6 Å². The molecule has 6 nitrogen and oxygen atoms in total. The second-order valence-electron chi connectivity index (χ2n) is 15.2. The van der Waals surface area contributed by atoms with E-state index in [4.69, 9.17) is 0 Å². The molecule has 0 N–H and O–H groups in total. The van der Waals surface area contributed by atoms with Crippen LogP contribution < -0.4 is 9.80 Å². The third-order valence-corrected chi connectivity index (χ3v) is 11.8. The van der Waals surface area contributed by atoms with Gasteiger partial charge in [-0.2, -0.15) is 0 Å². The molecule has 6 aliphatic rings. The van der Waals surface area contributed by atoms with Crippen molar-refractivity contribution >= 4 is 35.0 Å². The molecule has 2 heterocycles. The summed E-state index contributed by atoms with van der Waals surface area (Å²) in [4.78, 5) is 58.0. The number of imide groups is 2. The summed E-state index contributed by atoms with van der Waals surface area (Å²) in [6.45, 7) is 12.5. The standard InChI is InChI=1S/C39H42N2O4/c1-18(2)28-14-22(11-20(5)34(28)40-36(42)30-24-7-8-25(16-24)31(30)37(40)43)13-23-12-21(6)35(29(15-23)19(3)4)41-38(44)32-26-9-10-27(17-26)33(32)39(41)45/h7-12,14-15,18-19,24-27,30-33H,13,16-17H2,1-6H3. The van der Waals surface area contributed by atoms with E-state index in [-0.39, 0.29) is 82.8 Å². The lowest BCUT2D eigenvalue weighted by molar-refractivity contribution is -0.124. The van der Waals surface area contributed by atoms with E-state index in [0.717, 1.165) is 57.6 Å². The lowest BCUT2D eigenvalue weighted by atomic mass is 9.85. The number of carbonyl (C=O) groups is 4. The first kappa shape index (κ1) is 28.7. The summed E-state index contributed by atoms with van der Waals surface area (Å²) >= 11 is 0. The topological polar surface area (TPSA) is 74.8 Å². The van der Waals surface area contributed by atoms with Crippen LogP contribution >= 0.6 is 0 Å². The van der Waals surface area contributed by atoms with E-state index < -0.39 is 0 Å². The molecule has 4 aliphatic carbocycles. The molecule has 2 aromatic rings. The van der Waals surface area contributed by atoms with Gasteiger partial charge in [-0.25, -0.2) is 9.80 Å². The summed E-state index contributed by atoms with van der Waals surface area (Å²) < 4.78 is 0. The molecule has 4 bridgehead atoms. The predicted octanol–water partition coefficient (Wildman–Crippen LogP) is 6.76. The van der Waals surface area contributed by atoms with Gasteiger partial charge >= 0.3 is 0 Å². The van der Waals surface area contributed by atoms with Crippen LogP contribution in [0, 0.1) is 61.2 Å². The maximum atomic E-state index is 13.7. The first-order chi connectivity index (χ1) is 21.5. The molecule has 2 aromatic carbocycles. The van der Waals surface area contributed by atoms with Crippen molar-refractivity contribution in [3.8, 4) is 0 Å². The summed E-state index contributed by atoms with van der Waals surface area (Å²) in [7, 11) is 0. The van der Waals surface area contributed by atoms with Crippen LogP contribution in [-0.4, -0.2) is 23.6 Å². The molecule has 2 saturated carbocycles. The van der Waals surface area contributed by atoms with Crippen LogP contribution in [0.1, 0.15) is 85.8 Å². The summed E-state index contributed by atoms with van der Waals surface area (Å²) in [5.74, 6) is -0.0377. The average molecular weight is 603 g/mol. The highest BCUT2D eigenvalue weighted by Gasteiger charge is 2.61. The van der Waals surface area contributed by atoms with Crippen LogP contribution in [0.2, 0.25) is 0 Å². The van der Waals surface area contributed by atoms with Gasteiger partial charge in [-0.05, 0) is 102 Å². The highest BCUT2D eigenvalue weighted by Crippen LogP contribution is 2.55. The Morgan fingerprint density at radius 2 is 0.867 bits per heavy atom. The fraction of sp³-hybridized carbons (Fsp3) is 0.487. The van der Waals surface area contributed by atoms with Crippen LogP contribution in [0.4, 0.5) is 11.4 Å². The van der Waals surface area contributed by atoms with Crippen molar-refractivity contribution < 1.29 is 19.2 Å². The summed E-state index contributed by atoms with van der Waals surface area (Å²) in [5.41, 5.74) is 7.71. The van der Waals surface area contributed by atoms with Gasteiger partial charge in [0.2, 0.25) is 23.6 Å². The van der Waals surface area contributed by atoms with Crippen molar-refractivity contribution in [1.29, 1.82) is 0 Å². The van der Waals surface area contributed by atoms with Gasteiger partial charge in [0.1, 0.15) is 0 Å². The number of hydrogen-bond acceptors (Lipinski definition) is 4. The van der Waals surface area contributed by atoms with Gasteiger partial charge in [0, 0.05) is 0 Å². The van der Waals surface area contributed by atoms with E-state index >= 15 is 0 Å². The van der Waals surface area contributed by atoms with Crippen molar-refractivity contribution in [2.75, 3.05) is 9.80 Å². The number of allylic oxidation sites excluding steroid dienone is 4. The number of amides is 4. The first-order valence-electron chi connectivity index (χ1n) is 16.8. The van der Waals surface area contributed by atoms with Gasteiger partial charge in [-0.3, -0.25) is 19.2 Å². The van der Waals surface area contributed by atoms with Crippen molar-refractivity contribution in [3.63, 3.8) is 0 Å². The number of rotatable bonds is 6. The van der Waals surface area contributed by atoms with Crippen LogP contribution in [0.25, 0.3) is 0 Å². The molecule has 8 unspecified atom stereocenters. The van der Waals surface area contributed by atoms with Crippen molar-refractivity contribution in [2.45, 2.75) is 72.6 Å². The van der Waals surface area contributed by atoms with Crippen molar-refractivity contribution in [2.24, 2.45) is 47.3 Å². The zero-order chi connectivity index (χ0) is 31.6. The van der Waals surface area contributed by atoms with Gasteiger partial charge in [-0.15, -0.1) is 0 Å². The van der Waals surface area contributed by atoms with Crippen molar-refractivity contribution in [1.82, 2.24) is 0 Å². The molecule has 6 heteroatoms. The van der Waals surface area contributed by atoms with E-state index in [1.807, 2.05) is 13.8 Å². The monoisotopic (exact) mass is 602 g/mol. The fourth-order valence-electron chi connectivity index (χ4n) is 9.94. The molecule has 4 fully saturated rings. The minimum atomic E-state index is -0.220. The number of nitrogens with zero attached hydrogens (tertiary/aromatic N) is 2. The Labute approximate surface area is 265 Å². The van der Waals surface area contributed by atoms with Gasteiger partial charge in [-0.1, -0.05) is 76.3 Å². The third-order valence-electron chi connectivity index (χ3n) is 11.8. The number of aryl methyl sites for hydroxylation is 2. The number of carbonyl (C=O) groups excluding carboxylic acids is 4. The lowest BCUT2D eigenvalue weighted by Crippen LogP contribution is -2.34. The number of fused-ring (bicyclic) bond motifs is 10. The number of hydrogen-bond donors (Lipinski definition) is 0. The minimum Gasteiger partial charge on any atom is -0.274 e. The normalized spacial score (nSPS) is 32.4. The van der Waals surface area contributed by atoms with E-state index in [0.29, 0.717) is 6.42 Å². The van der Waals surface area contributed by atoms with Crippen LogP contribution in [0.3, 0.4) is 0 Å². The molecule has 4 amide bonds. The van der Waals surface area contributed by atoms with Gasteiger partial charge in [0.25, 0.3) is 0 Å². The Balaban J connectivity index is 1.13. The third kappa shape index (κ3) is 3.93. The highest BCUT2D eigenvalue weighted by atomic mass is 16.2. The van der Waals surface area contributed by atoms with E-state index in [1.165, 1.54) is 9.80 Å². The molecule has 45 heavy (non-hydrogen) atoms. The zero-order valence-corrected chi connectivity index (χ0v) is 27.0. The maximum absolute atomic E-state index is 13.7. The quantitative estimate of drug-likeness (QED) is 0.270. The highest BCUT2D eigenvalue weighted by molar-refractivity contribution is 6.24. The second kappa shape index (κ2) is 9.85. The minimum absolute atomic E-state index is 0.0358. The number of benzene rings is 2. The summed E-state index contributed by atoms with van der Waals surface area (Å²) in [5, 5.41) is 0. The largest absolute Gasteiger partial charge is 0.274 e. The maximum Gasteiger partial charge on any atom is 0.238 e. The Kier molecular flexibility index (Phi) is 6.27. The first-order valence-corrected chi connectivity index (χ1v) is 16.8. The van der Waals surface area contributed by atoms with Crippen molar-refractivity contribution in [3.05, 3.63) is 82.0 Å². The molecule has 0 radical (unpaired) electrons. The van der Waals surface area contributed by atoms with Gasteiger partial charge in [0.15, 0.2) is 0 Å². The molecule has 0 aromatic heterocycles. The molecule has 2 aliphatic heterocycles. The van der Waals surface area contributed by atoms with E-state index in [1.54, 1.807) is 0 Å². The van der Waals surface area contributed by atoms with Crippen LogP contribution in [0.5, 0.6) is 0 Å². The Morgan fingerprint density at radius 1 is 0.556 bits per heavy atom. The van der Waals surface area contributed by atoms with E-state index in [9.17, 15) is 19.2 Å². The zero-order valence-electron chi connectivity index (χ0n) is 27.0. The van der Waals surface area contributed by atoms with Gasteiger partial charge < -0.3 is 0 Å². The molecular weight excluding hydrogens is 560 g/mol. The lowest BCUT2D eigenvalue weighted by Gasteiger charge is -2.26.